The van der Waals surface area contributed by atoms with Gasteiger partial charge in [-0.05, 0) is 37.6 Å². The zero-order valence-corrected chi connectivity index (χ0v) is 17.1. The van der Waals surface area contributed by atoms with E-state index in [9.17, 15) is 4.79 Å². The summed E-state index contributed by atoms with van der Waals surface area (Å²) in [4.78, 5) is 21.2. The summed E-state index contributed by atoms with van der Waals surface area (Å²) >= 11 is 0. The molecule has 4 aromatic rings. The number of primary amides is 1. The predicted molar refractivity (Wildman–Crippen MR) is 117 cm³/mol. The highest BCUT2D eigenvalue weighted by Gasteiger charge is 2.18. The SMILES string of the molecule is COc1c(C)nc(-n2c(C)cc3c(C(N)=O)cccc32)nc1NCc1ccccc1. The summed E-state index contributed by atoms with van der Waals surface area (Å²) < 4.78 is 7.47. The molecule has 2 heterocycles. The van der Waals surface area contributed by atoms with Crippen LogP contribution in [0.5, 0.6) is 5.75 Å². The fourth-order valence-electron chi connectivity index (χ4n) is 3.64. The van der Waals surface area contributed by atoms with E-state index in [0.717, 1.165) is 22.2 Å². The van der Waals surface area contributed by atoms with Gasteiger partial charge in [-0.3, -0.25) is 9.36 Å². The Balaban J connectivity index is 1.82. The van der Waals surface area contributed by atoms with Gasteiger partial charge in [0.25, 0.3) is 0 Å². The summed E-state index contributed by atoms with van der Waals surface area (Å²) in [6.07, 6.45) is 0. The van der Waals surface area contributed by atoms with Gasteiger partial charge in [0.1, 0.15) is 0 Å². The summed E-state index contributed by atoms with van der Waals surface area (Å²) in [6.45, 7) is 4.43. The molecule has 4 rings (SSSR count). The van der Waals surface area contributed by atoms with Crippen LogP contribution in [0, 0.1) is 13.8 Å². The smallest absolute Gasteiger partial charge is 0.249 e. The average molecular weight is 401 g/mol. The minimum atomic E-state index is -0.463. The van der Waals surface area contributed by atoms with Gasteiger partial charge in [0.2, 0.25) is 11.9 Å². The van der Waals surface area contributed by atoms with Crippen molar-refractivity contribution in [3.63, 3.8) is 0 Å². The van der Waals surface area contributed by atoms with Gasteiger partial charge >= 0.3 is 0 Å². The first-order valence-corrected chi connectivity index (χ1v) is 9.61. The molecule has 0 aliphatic rings. The van der Waals surface area contributed by atoms with E-state index in [1.807, 2.05) is 66.9 Å². The van der Waals surface area contributed by atoms with Gasteiger partial charge < -0.3 is 15.8 Å². The lowest BCUT2D eigenvalue weighted by Gasteiger charge is -2.15. The van der Waals surface area contributed by atoms with Crippen molar-refractivity contribution in [2.75, 3.05) is 12.4 Å². The van der Waals surface area contributed by atoms with Crippen molar-refractivity contribution < 1.29 is 9.53 Å². The topological polar surface area (TPSA) is 95.1 Å². The maximum absolute atomic E-state index is 11.8. The van der Waals surface area contributed by atoms with Crippen molar-refractivity contribution >= 4 is 22.6 Å². The Hall–Kier alpha value is -3.87. The number of methoxy groups -OCH3 is 1. The van der Waals surface area contributed by atoms with E-state index in [4.69, 9.17) is 15.5 Å². The van der Waals surface area contributed by atoms with Gasteiger partial charge in [-0.2, -0.15) is 4.98 Å². The Morgan fingerprint density at radius 1 is 1.10 bits per heavy atom. The van der Waals surface area contributed by atoms with Gasteiger partial charge in [-0.15, -0.1) is 0 Å². The van der Waals surface area contributed by atoms with Crippen LogP contribution in [-0.4, -0.2) is 27.6 Å². The first-order chi connectivity index (χ1) is 14.5. The van der Waals surface area contributed by atoms with E-state index in [-0.39, 0.29) is 0 Å². The molecule has 0 aliphatic heterocycles. The van der Waals surface area contributed by atoms with Crippen LogP contribution in [0.25, 0.3) is 16.9 Å². The Bertz CT molecular complexity index is 1230. The number of nitrogens with zero attached hydrogens (tertiary/aromatic N) is 3. The van der Waals surface area contributed by atoms with Gasteiger partial charge in [0.15, 0.2) is 11.6 Å². The maximum atomic E-state index is 11.8. The summed E-state index contributed by atoms with van der Waals surface area (Å²) in [6, 6.07) is 17.5. The number of nitrogens with one attached hydrogen (secondary N) is 1. The van der Waals surface area contributed by atoms with Crippen LogP contribution in [-0.2, 0) is 6.54 Å². The van der Waals surface area contributed by atoms with Crippen molar-refractivity contribution in [2.24, 2.45) is 5.73 Å². The first kappa shape index (κ1) is 19.4. The minimum Gasteiger partial charge on any atom is -0.491 e. The van der Waals surface area contributed by atoms with Crippen molar-refractivity contribution in [1.29, 1.82) is 0 Å². The zero-order valence-electron chi connectivity index (χ0n) is 17.1. The normalized spacial score (nSPS) is 10.9. The second-order valence-corrected chi connectivity index (χ2v) is 7.05. The highest BCUT2D eigenvalue weighted by molar-refractivity contribution is 6.06. The molecule has 30 heavy (non-hydrogen) atoms. The number of carbonyl (C=O) groups is 1. The molecule has 0 saturated carbocycles. The highest BCUT2D eigenvalue weighted by Crippen LogP contribution is 2.30. The number of rotatable bonds is 6. The quantitative estimate of drug-likeness (QED) is 0.513. The van der Waals surface area contributed by atoms with Crippen molar-refractivity contribution in [1.82, 2.24) is 14.5 Å². The Kier molecular flexibility index (Phi) is 5.10. The van der Waals surface area contributed by atoms with E-state index in [0.29, 0.717) is 35.3 Å². The standard InChI is InChI=1S/C23H23N5O2/c1-14-12-18-17(21(24)29)10-7-11-19(18)28(14)23-26-15(2)20(30-3)22(27-23)25-13-16-8-5-4-6-9-16/h4-12H,13H2,1-3H3,(H2,24,29)(H,25,26,27). The molecule has 0 spiro atoms. The fourth-order valence-corrected chi connectivity index (χ4v) is 3.64. The number of amides is 1. The Morgan fingerprint density at radius 2 is 1.87 bits per heavy atom. The number of anilines is 1. The predicted octanol–water partition coefficient (Wildman–Crippen LogP) is 3.76. The number of benzene rings is 2. The lowest BCUT2D eigenvalue weighted by molar-refractivity contribution is 0.100. The van der Waals surface area contributed by atoms with Gasteiger partial charge in [0, 0.05) is 23.2 Å². The Morgan fingerprint density at radius 3 is 2.57 bits per heavy atom. The summed E-state index contributed by atoms with van der Waals surface area (Å²) in [7, 11) is 1.61. The average Bonchev–Trinajstić information content (AvgIpc) is 3.08. The minimum absolute atomic E-state index is 0.463. The molecule has 0 atom stereocenters. The van der Waals surface area contributed by atoms with Crippen molar-refractivity contribution in [3.8, 4) is 11.7 Å². The maximum Gasteiger partial charge on any atom is 0.249 e. The molecule has 7 nitrogen and oxygen atoms in total. The monoisotopic (exact) mass is 401 g/mol. The number of nitrogens with two attached hydrogens (primary N) is 1. The molecule has 0 unspecified atom stereocenters. The largest absolute Gasteiger partial charge is 0.491 e. The van der Waals surface area contributed by atoms with E-state index >= 15 is 0 Å². The zero-order chi connectivity index (χ0) is 21.3. The summed E-state index contributed by atoms with van der Waals surface area (Å²) in [5.41, 5.74) is 9.59. The number of carbonyl (C=O) groups excluding carboxylic acids is 1. The molecular formula is C23H23N5O2. The third kappa shape index (κ3) is 3.45. The molecule has 7 heteroatoms. The molecule has 0 bridgehead atoms. The van der Waals surface area contributed by atoms with Crippen LogP contribution < -0.4 is 15.8 Å². The number of aromatic nitrogens is 3. The number of hydrogen-bond donors (Lipinski definition) is 2. The van der Waals surface area contributed by atoms with E-state index in [1.165, 1.54) is 0 Å². The van der Waals surface area contributed by atoms with Crippen LogP contribution in [0.3, 0.4) is 0 Å². The van der Waals surface area contributed by atoms with Crippen molar-refractivity contribution in [3.05, 3.63) is 77.1 Å². The molecule has 3 N–H and O–H groups in total. The van der Waals surface area contributed by atoms with E-state index in [1.54, 1.807) is 13.2 Å². The van der Waals surface area contributed by atoms with Gasteiger partial charge in [-0.25, -0.2) is 4.98 Å². The second kappa shape index (κ2) is 7.87. The fraction of sp³-hybridized carbons (Fsp3) is 0.174. The van der Waals surface area contributed by atoms with Crippen LogP contribution in [0.15, 0.2) is 54.6 Å². The molecule has 2 aromatic heterocycles. The van der Waals surface area contributed by atoms with Gasteiger partial charge in [-0.1, -0.05) is 36.4 Å². The molecule has 152 valence electrons. The van der Waals surface area contributed by atoms with E-state index < -0.39 is 5.91 Å². The first-order valence-electron chi connectivity index (χ1n) is 9.61. The van der Waals surface area contributed by atoms with Crippen LogP contribution >= 0.6 is 0 Å². The highest BCUT2D eigenvalue weighted by atomic mass is 16.5. The molecule has 0 saturated heterocycles. The molecule has 0 fully saturated rings. The van der Waals surface area contributed by atoms with Crippen molar-refractivity contribution in [2.45, 2.75) is 20.4 Å². The molecule has 2 aromatic carbocycles. The third-order valence-electron chi connectivity index (χ3n) is 5.03. The molecule has 1 amide bonds. The number of aryl methyl sites for hydroxylation is 2. The lowest BCUT2D eigenvalue weighted by atomic mass is 10.1. The van der Waals surface area contributed by atoms with Gasteiger partial charge in [0.05, 0.1) is 18.3 Å². The third-order valence-corrected chi connectivity index (χ3v) is 5.03. The van der Waals surface area contributed by atoms with Crippen LogP contribution in [0.1, 0.15) is 27.3 Å². The lowest BCUT2D eigenvalue weighted by Crippen LogP contribution is -2.12. The summed E-state index contributed by atoms with van der Waals surface area (Å²) in [5, 5.41) is 4.13. The van der Waals surface area contributed by atoms with Crippen LogP contribution in [0.2, 0.25) is 0 Å². The molecule has 0 aliphatic carbocycles. The number of hydrogen-bond acceptors (Lipinski definition) is 5. The molecule has 0 radical (unpaired) electrons. The number of fused-ring (bicyclic) bond motifs is 1. The summed E-state index contributed by atoms with van der Waals surface area (Å²) in [5.74, 6) is 1.24. The molecular weight excluding hydrogens is 378 g/mol. The number of ether oxygens (including phenoxy) is 1. The van der Waals surface area contributed by atoms with Crippen LogP contribution in [0.4, 0.5) is 5.82 Å². The Labute approximate surface area is 174 Å². The van der Waals surface area contributed by atoms with E-state index in [2.05, 4.69) is 10.3 Å². The second-order valence-electron chi connectivity index (χ2n) is 7.05.